The van der Waals surface area contributed by atoms with Crippen LogP contribution in [0.2, 0.25) is 0 Å². The van der Waals surface area contributed by atoms with Crippen molar-refractivity contribution in [2.24, 2.45) is 7.05 Å². The molecule has 0 unspecified atom stereocenters. The molecular formula is C25H27N3O2. The Morgan fingerprint density at radius 1 is 0.967 bits per heavy atom. The van der Waals surface area contributed by atoms with Gasteiger partial charge in [0.15, 0.2) is 0 Å². The van der Waals surface area contributed by atoms with Gasteiger partial charge >= 0.3 is 0 Å². The third-order valence-electron chi connectivity index (χ3n) is 5.66. The van der Waals surface area contributed by atoms with Crippen molar-refractivity contribution in [3.63, 3.8) is 0 Å². The lowest BCUT2D eigenvalue weighted by atomic mass is 10.1. The van der Waals surface area contributed by atoms with Gasteiger partial charge in [-0.3, -0.25) is 9.59 Å². The summed E-state index contributed by atoms with van der Waals surface area (Å²) in [6.45, 7) is 3.44. The van der Waals surface area contributed by atoms with E-state index in [-0.39, 0.29) is 11.8 Å². The van der Waals surface area contributed by atoms with E-state index in [0.717, 1.165) is 54.4 Å². The maximum absolute atomic E-state index is 13.3. The maximum atomic E-state index is 13.3. The Hall–Kier alpha value is -3.34. The number of aryl methyl sites for hydroxylation is 2. The van der Waals surface area contributed by atoms with E-state index in [1.54, 1.807) is 12.1 Å². The molecule has 1 aliphatic rings. The number of hydrogen-bond donors (Lipinski definition) is 1. The Labute approximate surface area is 177 Å². The van der Waals surface area contributed by atoms with Crippen LogP contribution in [-0.2, 0) is 11.8 Å². The molecule has 2 heterocycles. The summed E-state index contributed by atoms with van der Waals surface area (Å²) in [5.41, 5.74) is 3.94. The highest BCUT2D eigenvalue weighted by Gasteiger charge is 2.23. The Balaban J connectivity index is 1.70. The molecule has 1 N–H and O–H groups in total. The first kappa shape index (κ1) is 20.0. The molecule has 1 aliphatic heterocycles. The minimum atomic E-state index is -0.271. The van der Waals surface area contributed by atoms with Crippen LogP contribution in [0.5, 0.6) is 0 Å². The number of aromatic nitrogens is 1. The average Bonchev–Trinajstić information content (AvgIpc) is 3.09. The molecule has 5 nitrogen and oxygen atoms in total. The van der Waals surface area contributed by atoms with Gasteiger partial charge in [0.2, 0.25) is 0 Å². The lowest BCUT2D eigenvalue weighted by molar-refractivity contribution is -0.128. The fourth-order valence-corrected chi connectivity index (χ4v) is 3.96. The first-order valence-corrected chi connectivity index (χ1v) is 10.5. The number of carbonyl (C=O) groups excluding carboxylic acids is 2. The van der Waals surface area contributed by atoms with E-state index in [0.29, 0.717) is 11.3 Å². The summed E-state index contributed by atoms with van der Waals surface area (Å²) in [6.07, 6.45) is 6.94. The Kier molecular flexibility index (Phi) is 5.70. The summed E-state index contributed by atoms with van der Waals surface area (Å²) in [4.78, 5) is 28.0. The first-order valence-electron chi connectivity index (χ1n) is 10.5. The monoisotopic (exact) mass is 401 g/mol. The molecule has 0 saturated carbocycles. The van der Waals surface area contributed by atoms with Crippen LogP contribution >= 0.6 is 0 Å². The van der Waals surface area contributed by atoms with Gasteiger partial charge in [-0.1, -0.05) is 35.9 Å². The minimum absolute atomic E-state index is 0.122. The Morgan fingerprint density at radius 3 is 2.40 bits per heavy atom. The van der Waals surface area contributed by atoms with Gasteiger partial charge in [-0.2, -0.15) is 0 Å². The number of nitrogens with one attached hydrogen (secondary N) is 1. The molecule has 0 aliphatic carbocycles. The van der Waals surface area contributed by atoms with Gasteiger partial charge in [-0.25, -0.2) is 0 Å². The van der Waals surface area contributed by atoms with E-state index in [2.05, 4.69) is 5.32 Å². The normalized spacial score (nSPS) is 14.7. The van der Waals surface area contributed by atoms with E-state index < -0.39 is 0 Å². The number of piperidine rings is 1. The fourth-order valence-electron chi connectivity index (χ4n) is 3.96. The van der Waals surface area contributed by atoms with E-state index >= 15 is 0 Å². The van der Waals surface area contributed by atoms with E-state index in [1.165, 1.54) is 0 Å². The second-order valence-electron chi connectivity index (χ2n) is 7.94. The van der Waals surface area contributed by atoms with Crippen molar-refractivity contribution in [3.05, 3.63) is 77.1 Å². The third-order valence-corrected chi connectivity index (χ3v) is 5.66. The van der Waals surface area contributed by atoms with Gasteiger partial charge in [-0.15, -0.1) is 0 Å². The number of carbonyl (C=O) groups is 2. The summed E-state index contributed by atoms with van der Waals surface area (Å²) in [7, 11) is 1.98. The standard InChI is InChI=1S/C25H27N3O2/c1-18-10-12-19(13-11-18)24(29)26-22(25(30)28-14-6-3-7-15-28)16-20-17-27(2)23-9-5-4-8-21(20)23/h4-5,8-13,16-17H,3,6-7,14-15H2,1-2H3,(H,26,29). The molecular weight excluding hydrogens is 374 g/mol. The molecule has 2 amide bonds. The number of nitrogens with zero attached hydrogens (tertiary/aromatic N) is 2. The van der Waals surface area contributed by atoms with Crippen LogP contribution in [0, 0.1) is 6.92 Å². The summed E-state index contributed by atoms with van der Waals surface area (Å²) in [5, 5.41) is 3.94. The summed E-state index contributed by atoms with van der Waals surface area (Å²) >= 11 is 0. The van der Waals surface area contributed by atoms with E-state index in [9.17, 15) is 9.59 Å². The molecule has 0 spiro atoms. The second-order valence-corrected chi connectivity index (χ2v) is 7.94. The van der Waals surface area contributed by atoms with Crippen LogP contribution in [0.25, 0.3) is 17.0 Å². The number of benzene rings is 2. The fraction of sp³-hybridized carbons (Fsp3) is 0.280. The largest absolute Gasteiger partial charge is 0.350 e. The van der Waals surface area contributed by atoms with Crippen molar-refractivity contribution in [1.29, 1.82) is 0 Å². The molecule has 154 valence electrons. The first-order chi connectivity index (χ1) is 14.5. The van der Waals surface area contributed by atoms with Crippen LogP contribution in [0.15, 0.2) is 60.4 Å². The van der Waals surface area contributed by atoms with Crippen molar-refractivity contribution >= 4 is 28.8 Å². The highest BCUT2D eigenvalue weighted by molar-refractivity contribution is 6.06. The summed E-state index contributed by atoms with van der Waals surface area (Å²) < 4.78 is 2.03. The van der Waals surface area contributed by atoms with Gasteiger partial charge in [-0.05, 0) is 50.5 Å². The number of rotatable bonds is 4. The van der Waals surface area contributed by atoms with Gasteiger partial charge < -0.3 is 14.8 Å². The predicted octanol–water partition coefficient (Wildman–Crippen LogP) is 4.27. The van der Waals surface area contributed by atoms with Crippen LogP contribution in [0.1, 0.15) is 40.7 Å². The number of likely N-dealkylation sites (tertiary alicyclic amines) is 1. The number of fused-ring (bicyclic) bond motifs is 1. The number of hydrogen-bond acceptors (Lipinski definition) is 2. The van der Waals surface area contributed by atoms with Gasteiger partial charge in [0.25, 0.3) is 11.8 Å². The Bertz CT molecular complexity index is 1100. The number of para-hydroxylation sites is 1. The molecule has 0 atom stereocenters. The summed E-state index contributed by atoms with van der Waals surface area (Å²) in [5.74, 6) is -0.394. The van der Waals surface area contributed by atoms with Gasteiger partial charge in [0.1, 0.15) is 5.70 Å². The van der Waals surface area contributed by atoms with Gasteiger partial charge in [0, 0.05) is 48.4 Å². The summed E-state index contributed by atoms with van der Waals surface area (Å²) in [6, 6.07) is 15.4. The van der Waals surface area contributed by atoms with E-state index in [4.69, 9.17) is 0 Å². The molecule has 0 bridgehead atoms. The lowest BCUT2D eigenvalue weighted by Gasteiger charge is -2.27. The Morgan fingerprint density at radius 2 is 1.67 bits per heavy atom. The molecule has 0 radical (unpaired) electrons. The quantitative estimate of drug-likeness (QED) is 0.664. The predicted molar refractivity (Wildman–Crippen MR) is 120 cm³/mol. The van der Waals surface area contributed by atoms with Crippen LogP contribution in [0.3, 0.4) is 0 Å². The lowest BCUT2D eigenvalue weighted by Crippen LogP contribution is -2.41. The van der Waals surface area contributed by atoms with Crippen LogP contribution in [-0.4, -0.2) is 34.4 Å². The van der Waals surface area contributed by atoms with E-state index in [1.807, 2.05) is 72.1 Å². The zero-order chi connectivity index (χ0) is 21.1. The third kappa shape index (κ3) is 4.15. The SMILES string of the molecule is Cc1ccc(C(=O)NC(=Cc2cn(C)c3ccccc23)C(=O)N2CCCCC2)cc1. The van der Waals surface area contributed by atoms with Crippen molar-refractivity contribution < 1.29 is 9.59 Å². The second kappa shape index (κ2) is 8.57. The number of amides is 2. The highest BCUT2D eigenvalue weighted by Crippen LogP contribution is 2.23. The smallest absolute Gasteiger partial charge is 0.270 e. The molecule has 1 saturated heterocycles. The average molecular weight is 402 g/mol. The zero-order valence-corrected chi connectivity index (χ0v) is 17.5. The maximum Gasteiger partial charge on any atom is 0.270 e. The minimum Gasteiger partial charge on any atom is -0.350 e. The molecule has 3 aromatic rings. The molecule has 1 fully saturated rings. The van der Waals surface area contributed by atoms with Gasteiger partial charge in [0.05, 0.1) is 0 Å². The topological polar surface area (TPSA) is 54.3 Å². The van der Waals surface area contributed by atoms with Crippen molar-refractivity contribution in [2.75, 3.05) is 13.1 Å². The zero-order valence-electron chi connectivity index (χ0n) is 17.5. The van der Waals surface area contributed by atoms with Crippen LogP contribution in [0.4, 0.5) is 0 Å². The highest BCUT2D eigenvalue weighted by atomic mass is 16.2. The van der Waals surface area contributed by atoms with Crippen molar-refractivity contribution in [1.82, 2.24) is 14.8 Å². The molecule has 30 heavy (non-hydrogen) atoms. The molecule has 2 aromatic carbocycles. The molecule has 5 heteroatoms. The molecule has 4 rings (SSSR count). The van der Waals surface area contributed by atoms with Crippen molar-refractivity contribution in [2.45, 2.75) is 26.2 Å². The van der Waals surface area contributed by atoms with Crippen LogP contribution < -0.4 is 5.32 Å². The van der Waals surface area contributed by atoms with Crippen molar-refractivity contribution in [3.8, 4) is 0 Å². The molecule has 1 aromatic heterocycles.